The molecule has 0 aromatic carbocycles. The summed E-state index contributed by atoms with van der Waals surface area (Å²) in [5.74, 6) is 0.416. The molecule has 0 aromatic heterocycles. The van der Waals surface area contributed by atoms with Crippen molar-refractivity contribution in [1.29, 1.82) is 5.41 Å². The van der Waals surface area contributed by atoms with E-state index in [0.29, 0.717) is 12.3 Å². The Morgan fingerprint density at radius 1 is 1.41 bits per heavy atom. The Morgan fingerprint density at radius 2 is 2.06 bits per heavy atom. The average Bonchev–Trinajstić information content (AvgIpc) is 2.31. The summed E-state index contributed by atoms with van der Waals surface area (Å²) >= 11 is 0. The fourth-order valence-electron chi connectivity index (χ4n) is 2.32. The standard InChI is InChI=1S/C14H25NO2/c1-3-12(10-16)11(2)9-14(15)17-13-7-5-4-6-8-13/h12-13,15-16H,2-10H2,1H3. The largest absolute Gasteiger partial charge is 0.478 e. The van der Waals surface area contributed by atoms with E-state index in [2.05, 4.69) is 6.58 Å². The van der Waals surface area contributed by atoms with E-state index in [1.807, 2.05) is 6.92 Å². The lowest BCUT2D eigenvalue weighted by atomic mass is 9.95. The van der Waals surface area contributed by atoms with Gasteiger partial charge in [0.25, 0.3) is 0 Å². The van der Waals surface area contributed by atoms with Crippen LogP contribution in [0.2, 0.25) is 0 Å². The molecule has 2 N–H and O–H groups in total. The second-order valence-electron chi connectivity index (χ2n) is 4.92. The van der Waals surface area contributed by atoms with Gasteiger partial charge in [0.2, 0.25) is 0 Å². The van der Waals surface area contributed by atoms with Crippen LogP contribution in [0.5, 0.6) is 0 Å². The third-order valence-electron chi connectivity index (χ3n) is 3.54. The molecule has 17 heavy (non-hydrogen) atoms. The summed E-state index contributed by atoms with van der Waals surface area (Å²) in [6.45, 7) is 6.09. The average molecular weight is 239 g/mol. The number of rotatable bonds is 6. The number of ether oxygens (including phenoxy) is 1. The summed E-state index contributed by atoms with van der Waals surface area (Å²) in [5, 5.41) is 17.0. The van der Waals surface area contributed by atoms with Crippen LogP contribution in [-0.4, -0.2) is 23.7 Å². The van der Waals surface area contributed by atoms with Gasteiger partial charge >= 0.3 is 0 Å². The summed E-state index contributed by atoms with van der Waals surface area (Å²) in [6, 6.07) is 0. The van der Waals surface area contributed by atoms with Crippen molar-refractivity contribution in [1.82, 2.24) is 0 Å². The van der Waals surface area contributed by atoms with E-state index in [-0.39, 0.29) is 18.6 Å². The van der Waals surface area contributed by atoms with Crippen molar-refractivity contribution >= 4 is 5.90 Å². The Kier molecular flexibility index (Phi) is 6.27. The highest BCUT2D eigenvalue weighted by atomic mass is 16.5. The van der Waals surface area contributed by atoms with Crippen molar-refractivity contribution in [2.24, 2.45) is 5.92 Å². The maximum Gasteiger partial charge on any atom is 0.184 e. The first-order valence-electron chi connectivity index (χ1n) is 6.70. The minimum atomic E-state index is 0.102. The Bertz CT molecular complexity index is 253. The second-order valence-corrected chi connectivity index (χ2v) is 4.92. The minimum absolute atomic E-state index is 0.102. The van der Waals surface area contributed by atoms with Gasteiger partial charge in [-0.25, -0.2) is 0 Å². The maximum atomic E-state index is 9.16. The Hall–Kier alpha value is -0.830. The van der Waals surface area contributed by atoms with E-state index >= 15 is 0 Å². The first-order valence-corrected chi connectivity index (χ1v) is 6.70. The van der Waals surface area contributed by atoms with E-state index in [4.69, 9.17) is 15.3 Å². The number of hydrogen-bond donors (Lipinski definition) is 2. The lowest BCUT2D eigenvalue weighted by Gasteiger charge is -2.24. The molecule has 1 saturated carbocycles. The zero-order valence-electron chi connectivity index (χ0n) is 10.9. The lowest BCUT2D eigenvalue weighted by Crippen LogP contribution is -2.21. The summed E-state index contributed by atoms with van der Waals surface area (Å²) in [6.07, 6.45) is 7.45. The Balaban J connectivity index is 2.30. The molecule has 1 rings (SSSR count). The third-order valence-corrected chi connectivity index (χ3v) is 3.54. The highest BCUT2D eigenvalue weighted by Gasteiger charge is 2.18. The minimum Gasteiger partial charge on any atom is -0.478 e. The number of aliphatic hydroxyl groups is 1. The molecule has 0 bridgehead atoms. The van der Waals surface area contributed by atoms with Crippen molar-refractivity contribution in [3.63, 3.8) is 0 Å². The van der Waals surface area contributed by atoms with Crippen LogP contribution in [0.25, 0.3) is 0 Å². The van der Waals surface area contributed by atoms with Gasteiger partial charge in [0.1, 0.15) is 6.10 Å². The van der Waals surface area contributed by atoms with Gasteiger partial charge in [-0.2, -0.15) is 0 Å². The molecule has 3 nitrogen and oxygen atoms in total. The van der Waals surface area contributed by atoms with Gasteiger partial charge in [0.15, 0.2) is 5.90 Å². The molecular weight excluding hydrogens is 214 g/mol. The van der Waals surface area contributed by atoms with Gasteiger partial charge in [0, 0.05) is 18.9 Å². The molecule has 1 aliphatic rings. The monoisotopic (exact) mass is 239 g/mol. The van der Waals surface area contributed by atoms with Crippen molar-refractivity contribution in [3.8, 4) is 0 Å². The molecule has 1 unspecified atom stereocenters. The first-order chi connectivity index (χ1) is 8.17. The summed E-state index contributed by atoms with van der Waals surface area (Å²) < 4.78 is 5.64. The second kappa shape index (κ2) is 7.49. The molecule has 98 valence electrons. The van der Waals surface area contributed by atoms with Crippen LogP contribution in [0, 0.1) is 11.3 Å². The van der Waals surface area contributed by atoms with Gasteiger partial charge in [-0.05, 0) is 32.1 Å². The van der Waals surface area contributed by atoms with Crippen LogP contribution in [0.3, 0.4) is 0 Å². The molecule has 0 amide bonds. The van der Waals surface area contributed by atoms with Crippen molar-refractivity contribution in [2.75, 3.05) is 6.61 Å². The molecule has 0 saturated heterocycles. The highest BCUT2D eigenvalue weighted by Crippen LogP contribution is 2.22. The maximum absolute atomic E-state index is 9.16. The number of hydrogen-bond acceptors (Lipinski definition) is 3. The molecule has 1 fully saturated rings. The zero-order valence-corrected chi connectivity index (χ0v) is 10.9. The topological polar surface area (TPSA) is 53.3 Å². The molecule has 1 atom stereocenters. The van der Waals surface area contributed by atoms with Crippen LogP contribution < -0.4 is 0 Å². The van der Waals surface area contributed by atoms with Crippen LogP contribution >= 0.6 is 0 Å². The van der Waals surface area contributed by atoms with Crippen molar-refractivity contribution < 1.29 is 9.84 Å². The van der Waals surface area contributed by atoms with E-state index in [1.165, 1.54) is 19.3 Å². The predicted octanol–water partition coefficient (Wildman–Crippen LogP) is 3.28. The summed E-state index contributed by atoms with van der Waals surface area (Å²) in [4.78, 5) is 0. The fraction of sp³-hybridized carbons (Fsp3) is 0.786. The van der Waals surface area contributed by atoms with Crippen molar-refractivity contribution in [2.45, 2.75) is 58.0 Å². The number of aliphatic hydroxyl groups excluding tert-OH is 1. The third kappa shape index (κ3) is 4.90. The van der Waals surface area contributed by atoms with E-state index in [0.717, 1.165) is 24.8 Å². The van der Waals surface area contributed by atoms with Gasteiger partial charge in [-0.3, -0.25) is 5.41 Å². The van der Waals surface area contributed by atoms with Gasteiger partial charge in [-0.1, -0.05) is 25.5 Å². The zero-order chi connectivity index (χ0) is 12.7. The predicted molar refractivity (Wildman–Crippen MR) is 70.3 cm³/mol. The van der Waals surface area contributed by atoms with Crippen LogP contribution in [0.1, 0.15) is 51.9 Å². The Labute approximate surface area is 104 Å². The molecule has 0 spiro atoms. The molecule has 0 aromatic rings. The highest BCUT2D eigenvalue weighted by molar-refractivity contribution is 5.75. The summed E-state index contributed by atoms with van der Waals surface area (Å²) in [7, 11) is 0. The SMILES string of the molecule is C=C(CC(=N)OC1CCCCC1)C(CC)CO. The lowest BCUT2D eigenvalue weighted by molar-refractivity contribution is 0.137. The van der Waals surface area contributed by atoms with Crippen LogP contribution in [0.15, 0.2) is 12.2 Å². The van der Waals surface area contributed by atoms with Crippen molar-refractivity contribution in [3.05, 3.63) is 12.2 Å². The van der Waals surface area contributed by atoms with Gasteiger partial charge < -0.3 is 9.84 Å². The van der Waals surface area contributed by atoms with Crippen LogP contribution in [0.4, 0.5) is 0 Å². The quantitative estimate of drug-likeness (QED) is 0.424. The molecule has 0 heterocycles. The van der Waals surface area contributed by atoms with E-state index in [9.17, 15) is 0 Å². The van der Waals surface area contributed by atoms with Crippen LogP contribution in [-0.2, 0) is 4.74 Å². The van der Waals surface area contributed by atoms with Gasteiger partial charge in [-0.15, -0.1) is 0 Å². The Morgan fingerprint density at radius 3 is 2.59 bits per heavy atom. The molecule has 1 aliphatic carbocycles. The molecule has 0 aliphatic heterocycles. The normalized spacial score (nSPS) is 18.7. The number of nitrogens with one attached hydrogen (secondary N) is 1. The molecule has 3 heteroatoms. The first kappa shape index (κ1) is 14.2. The van der Waals surface area contributed by atoms with E-state index in [1.54, 1.807) is 0 Å². The summed E-state index contributed by atoms with van der Waals surface area (Å²) in [5.41, 5.74) is 0.913. The van der Waals surface area contributed by atoms with E-state index < -0.39 is 0 Å². The molecular formula is C14H25NO2. The molecule has 0 radical (unpaired) electrons. The smallest absolute Gasteiger partial charge is 0.184 e. The van der Waals surface area contributed by atoms with Gasteiger partial charge in [0.05, 0.1) is 0 Å². The fourth-order valence-corrected chi connectivity index (χ4v) is 2.32.